The highest BCUT2D eigenvalue weighted by molar-refractivity contribution is 6.30. The van der Waals surface area contributed by atoms with Gasteiger partial charge in [-0.25, -0.2) is 9.79 Å². The third-order valence-corrected chi connectivity index (χ3v) is 6.18. The Kier molecular flexibility index (Phi) is 11.1. The SMILES string of the molecule is C=C/C=C(\N=C(C)Nc1ccc(C(=O)N2CCN(C(=O)NCCC(=O)OCC)CC2)cc1)c1ccc(Cl)cc1. The predicted octanol–water partition coefficient (Wildman–Crippen LogP) is 4.82. The van der Waals surface area contributed by atoms with E-state index in [4.69, 9.17) is 16.3 Å². The molecule has 2 aromatic carbocycles. The molecule has 0 atom stereocenters. The number of carbonyl (C=O) groups is 3. The van der Waals surface area contributed by atoms with Gasteiger partial charge in [0.25, 0.3) is 5.91 Å². The minimum absolute atomic E-state index is 0.0896. The Hall–Kier alpha value is -4.11. The average molecular weight is 552 g/mol. The number of piperazine rings is 1. The van der Waals surface area contributed by atoms with Crippen LogP contribution in [-0.2, 0) is 9.53 Å². The summed E-state index contributed by atoms with van der Waals surface area (Å²) in [5.74, 6) is 0.242. The Labute approximate surface area is 234 Å². The van der Waals surface area contributed by atoms with E-state index in [9.17, 15) is 14.4 Å². The van der Waals surface area contributed by atoms with Crippen LogP contribution in [0.3, 0.4) is 0 Å². The fourth-order valence-corrected chi connectivity index (χ4v) is 4.08. The van der Waals surface area contributed by atoms with Crippen LogP contribution in [0.2, 0.25) is 5.02 Å². The lowest BCUT2D eigenvalue weighted by Gasteiger charge is -2.34. The number of nitrogens with zero attached hydrogens (tertiary/aromatic N) is 3. The minimum atomic E-state index is -0.343. The number of ether oxygens (including phenoxy) is 1. The molecular weight excluding hydrogens is 518 g/mol. The van der Waals surface area contributed by atoms with Gasteiger partial charge in [0, 0.05) is 54.6 Å². The molecule has 1 fully saturated rings. The van der Waals surface area contributed by atoms with Crippen LogP contribution in [-0.4, -0.2) is 72.9 Å². The number of allylic oxidation sites excluding steroid dienone is 2. The highest BCUT2D eigenvalue weighted by Gasteiger charge is 2.24. The van der Waals surface area contributed by atoms with Crippen LogP contribution in [0.15, 0.2) is 72.3 Å². The standard InChI is InChI=1S/C29H34ClN5O4/c1-4-6-26(22-7-11-24(30)12-8-22)33-21(3)32-25-13-9-23(10-14-25)28(37)34-17-19-35(20-18-34)29(38)31-16-15-27(36)39-5-2/h4,6-14H,1,5,15-20H2,2-3H3,(H,31,38)(H,32,33)/b26-6-. The second-order valence-corrected chi connectivity index (χ2v) is 9.20. The molecule has 0 aliphatic carbocycles. The van der Waals surface area contributed by atoms with Gasteiger partial charge >= 0.3 is 12.0 Å². The molecule has 9 nitrogen and oxygen atoms in total. The zero-order valence-corrected chi connectivity index (χ0v) is 23.0. The number of rotatable bonds is 9. The second kappa shape index (κ2) is 14.7. The minimum Gasteiger partial charge on any atom is -0.466 e. The van der Waals surface area contributed by atoms with E-state index in [-0.39, 0.29) is 30.9 Å². The second-order valence-electron chi connectivity index (χ2n) is 8.76. The molecule has 1 saturated heterocycles. The summed E-state index contributed by atoms with van der Waals surface area (Å²) in [6, 6.07) is 14.4. The number of benzene rings is 2. The highest BCUT2D eigenvalue weighted by atomic mass is 35.5. The van der Waals surface area contributed by atoms with Crippen LogP contribution in [0.4, 0.5) is 10.5 Å². The van der Waals surface area contributed by atoms with Crippen LogP contribution >= 0.6 is 11.6 Å². The first-order valence-electron chi connectivity index (χ1n) is 12.8. The summed E-state index contributed by atoms with van der Waals surface area (Å²) < 4.78 is 4.85. The summed E-state index contributed by atoms with van der Waals surface area (Å²) in [6.07, 6.45) is 3.63. The van der Waals surface area contributed by atoms with Crippen LogP contribution in [0.25, 0.3) is 5.70 Å². The molecule has 0 spiro atoms. The molecule has 0 saturated carbocycles. The molecule has 1 aliphatic heterocycles. The van der Waals surface area contributed by atoms with Crippen LogP contribution in [0, 0.1) is 0 Å². The van der Waals surface area contributed by atoms with Crippen molar-refractivity contribution in [3.63, 3.8) is 0 Å². The predicted molar refractivity (Wildman–Crippen MR) is 155 cm³/mol. The number of aliphatic imine (C=N–C) groups is 1. The van der Waals surface area contributed by atoms with Gasteiger partial charge in [-0.2, -0.15) is 0 Å². The van der Waals surface area contributed by atoms with Gasteiger partial charge in [0.2, 0.25) is 0 Å². The number of hydrogen-bond donors (Lipinski definition) is 2. The number of esters is 1. The van der Waals surface area contributed by atoms with E-state index in [1.165, 1.54) is 0 Å². The van der Waals surface area contributed by atoms with Crippen LogP contribution in [0.5, 0.6) is 0 Å². The molecule has 1 heterocycles. The molecule has 3 amide bonds. The third-order valence-electron chi connectivity index (χ3n) is 5.93. The van der Waals surface area contributed by atoms with Crippen molar-refractivity contribution in [1.29, 1.82) is 0 Å². The number of halogens is 1. The van der Waals surface area contributed by atoms with Crippen LogP contribution < -0.4 is 10.6 Å². The maximum Gasteiger partial charge on any atom is 0.317 e. The van der Waals surface area contributed by atoms with E-state index in [1.54, 1.807) is 34.9 Å². The molecule has 10 heteroatoms. The summed E-state index contributed by atoms with van der Waals surface area (Å²) >= 11 is 6.00. The molecule has 2 aromatic rings. The molecule has 0 radical (unpaired) electrons. The van der Waals surface area contributed by atoms with Gasteiger partial charge in [0.05, 0.1) is 18.7 Å². The molecular formula is C29H34ClN5O4. The lowest BCUT2D eigenvalue weighted by molar-refractivity contribution is -0.142. The van der Waals surface area contributed by atoms with Gasteiger partial charge in [-0.3, -0.25) is 9.59 Å². The lowest BCUT2D eigenvalue weighted by atomic mass is 10.1. The van der Waals surface area contributed by atoms with Gasteiger partial charge in [-0.1, -0.05) is 36.4 Å². The van der Waals surface area contributed by atoms with E-state index in [1.807, 2.05) is 49.4 Å². The van der Waals surface area contributed by atoms with Crippen molar-refractivity contribution in [1.82, 2.24) is 15.1 Å². The van der Waals surface area contributed by atoms with Crippen molar-refractivity contribution in [3.8, 4) is 0 Å². The Bertz CT molecular complexity index is 1220. The molecule has 0 unspecified atom stereocenters. The summed E-state index contributed by atoms with van der Waals surface area (Å²) in [7, 11) is 0. The lowest BCUT2D eigenvalue weighted by Crippen LogP contribution is -2.53. The Morgan fingerprint density at radius 2 is 1.62 bits per heavy atom. The fourth-order valence-electron chi connectivity index (χ4n) is 3.96. The van der Waals surface area contributed by atoms with Gasteiger partial charge in [0.1, 0.15) is 5.84 Å². The van der Waals surface area contributed by atoms with Crippen molar-refractivity contribution in [3.05, 3.63) is 83.4 Å². The first-order valence-corrected chi connectivity index (χ1v) is 13.2. The largest absolute Gasteiger partial charge is 0.466 e. The van der Waals surface area contributed by atoms with Crippen molar-refractivity contribution >= 4 is 46.7 Å². The topological polar surface area (TPSA) is 103 Å². The molecule has 1 aliphatic rings. The number of urea groups is 1. The van der Waals surface area contributed by atoms with Gasteiger partial charge in [-0.05, 0) is 56.3 Å². The maximum absolute atomic E-state index is 13.0. The number of nitrogens with one attached hydrogen (secondary N) is 2. The van der Waals surface area contributed by atoms with E-state index in [2.05, 4.69) is 22.2 Å². The number of amidine groups is 1. The number of amides is 3. The summed E-state index contributed by atoms with van der Waals surface area (Å²) in [6.45, 7) is 9.59. The molecule has 39 heavy (non-hydrogen) atoms. The molecule has 2 N–H and O–H groups in total. The first-order chi connectivity index (χ1) is 18.8. The molecule has 0 aromatic heterocycles. The zero-order valence-electron chi connectivity index (χ0n) is 22.3. The number of hydrogen-bond acceptors (Lipinski definition) is 5. The fraction of sp³-hybridized carbons (Fsp3) is 0.310. The zero-order chi connectivity index (χ0) is 28.2. The molecule has 206 valence electrons. The van der Waals surface area contributed by atoms with E-state index in [0.29, 0.717) is 49.2 Å². The normalized spacial score (nSPS) is 14.0. The first kappa shape index (κ1) is 29.4. The van der Waals surface area contributed by atoms with Crippen molar-refractivity contribution in [2.24, 2.45) is 4.99 Å². The number of anilines is 1. The van der Waals surface area contributed by atoms with Crippen molar-refractivity contribution in [2.45, 2.75) is 20.3 Å². The monoisotopic (exact) mass is 551 g/mol. The van der Waals surface area contributed by atoms with Gasteiger partial charge < -0.3 is 25.2 Å². The molecule has 0 bridgehead atoms. The summed E-state index contributed by atoms with van der Waals surface area (Å²) in [5, 5.41) is 6.63. The van der Waals surface area contributed by atoms with Crippen molar-refractivity contribution in [2.75, 3.05) is 44.6 Å². The Balaban J connectivity index is 1.51. The van der Waals surface area contributed by atoms with E-state index >= 15 is 0 Å². The molecule has 3 rings (SSSR count). The quantitative estimate of drug-likeness (QED) is 0.201. The van der Waals surface area contributed by atoms with Gasteiger partial charge in [-0.15, -0.1) is 0 Å². The van der Waals surface area contributed by atoms with E-state index in [0.717, 1.165) is 16.9 Å². The Morgan fingerprint density at radius 1 is 1.00 bits per heavy atom. The number of carbonyl (C=O) groups excluding carboxylic acids is 3. The maximum atomic E-state index is 13.0. The Morgan fingerprint density at radius 3 is 2.23 bits per heavy atom. The smallest absolute Gasteiger partial charge is 0.317 e. The highest BCUT2D eigenvalue weighted by Crippen LogP contribution is 2.20. The van der Waals surface area contributed by atoms with Crippen molar-refractivity contribution < 1.29 is 19.1 Å². The van der Waals surface area contributed by atoms with Gasteiger partial charge in [0.15, 0.2) is 0 Å². The summed E-state index contributed by atoms with van der Waals surface area (Å²) in [5.41, 5.74) is 3.02. The van der Waals surface area contributed by atoms with E-state index < -0.39 is 0 Å². The average Bonchev–Trinajstić information content (AvgIpc) is 2.93. The van der Waals surface area contributed by atoms with Crippen LogP contribution in [0.1, 0.15) is 36.2 Å². The third kappa shape index (κ3) is 9.00. The summed E-state index contributed by atoms with van der Waals surface area (Å²) in [4.78, 5) is 44.8.